The fraction of sp³-hybridized carbons (Fsp3) is 0.364. The number of amides is 1. The second-order valence-electron chi connectivity index (χ2n) is 3.36. The summed E-state index contributed by atoms with van der Waals surface area (Å²) in [6, 6.07) is 5.41. The zero-order valence-electron chi connectivity index (χ0n) is 8.93. The molecule has 0 unspecified atom stereocenters. The van der Waals surface area contributed by atoms with Crippen LogP contribution in [0.2, 0.25) is 5.02 Å². The maximum Gasteiger partial charge on any atom is 0.225 e. The van der Waals surface area contributed by atoms with Crippen LogP contribution in [0, 0.1) is 6.92 Å². The summed E-state index contributed by atoms with van der Waals surface area (Å²) in [6.07, 6.45) is 0.471. The van der Waals surface area contributed by atoms with Gasteiger partial charge in [-0.05, 0) is 37.7 Å². The smallest absolute Gasteiger partial charge is 0.225 e. The third-order valence-corrected chi connectivity index (χ3v) is 2.30. The number of nitrogens with one attached hydrogen (secondary N) is 2. The number of hydrogen-bond donors (Lipinski definition) is 2. The molecule has 15 heavy (non-hydrogen) atoms. The Hall–Kier alpha value is -1.06. The largest absolute Gasteiger partial charge is 0.326 e. The van der Waals surface area contributed by atoms with E-state index in [4.69, 9.17) is 11.6 Å². The van der Waals surface area contributed by atoms with E-state index >= 15 is 0 Å². The number of carbonyl (C=O) groups is 1. The molecule has 0 fully saturated rings. The van der Waals surface area contributed by atoms with Crippen molar-refractivity contribution in [1.82, 2.24) is 5.32 Å². The van der Waals surface area contributed by atoms with E-state index in [1.165, 1.54) is 0 Å². The molecular weight excluding hydrogens is 212 g/mol. The molecule has 1 rings (SSSR count). The Balaban J connectivity index is 2.60. The molecule has 1 amide bonds. The molecule has 0 heterocycles. The number of anilines is 1. The van der Waals surface area contributed by atoms with Crippen LogP contribution in [0.25, 0.3) is 0 Å². The lowest BCUT2D eigenvalue weighted by Crippen LogP contribution is -2.19. The minimum atomic E-state index is 0.00905. The van der Waals surface area contributed by atoms with Crippen LogP contribution in [0.4, 0.5) is 5.69 Å². The van der Waals surface area contributed by atoms with Gasteiger partial charge in [0.05, 0.1) is 0 Å². The molecule has 0 atom stereocenters. The Kier molecular flexibility index (Phi) is 4.59. The molecule has 0 saturated carbocycles. The van der Waals surface area contributed by atoms with Gasteiger partial charge in [0, 0.05) is 23.7 Å². The maximum absolute atomic E-state index is 11.4. The van der Waals surface area contributed by atoms with Crippen molar-refractivity contribution in [1.29, 1.82) is 0 Å². The zero-order chi connectivity index (χ0) is 11.3. The first-order chi connectivity index (χ1) is 7.13. The van der Waals surface area contributed by atoms with Gasteiger partial charge in [-0.3, -0.25) is 4.79 Å². The fourth-order valence-electron chi connectivity index (χ4n) is 1.22. The van der Waals surface area contributed by atoms with Crippen LogP contribution < -0.4 is 10.6 Å². The van der Waals surface area contributed by atoms with Crippen molar-refractivity contribution in [2.24, 2.45) is 0 Å². The van der Waals surface area contributed by atoms with E-state index in [1.807, 2.05) is 26.1 Å². The van der Waals surface area contributed by atoms with E-state index in [0.29, 0.717) is 18.0 Å². The van der Waals surface area contributed by atoms with Gasteiger partial charge in [-0.15, -0.1) is 0 Å². The number of rotatable bonds is 4. The van der Waals surface area contributed by atoms with Gasteiger partial charge in [0.25, 0.3) is 0 Å². The number of halogens is 1. The molecule has 0 aromatic heterocycles. The van der Waals surface area contributed by atoms with Crippen LogP contribution >= 0.6 is 11.6 Å². The SMILES string of the molecule is CNCCC(=O)Nc1ccc(Cl)cc1C. The van der Waals surface area contributed by atoms with E-state index in [2.05, 4.69) is 10.6 Å². The molecule has 82 valence electrons. The summed E-state index contributed by atoms with van der Waals surface area (Å²) in [4.78, 5) is 11.4. The van der Waals surface area contributed by atoms with Gasteiger partial charge in [-0.25, -0.2) is 0 Å². The van der Waals surface area contributed by atoms with Crippen molar-refractivity contribution in [3.63, 3.8) is 0 Å². The topological polar surface area (TPSA) is 41.1 Å². The van der Waals surface area contributed by atoms with Gasteiger partial charge in [0.1, 0.15) is 0 Å². The van der Waals surface area contributed by atoms with Crippen LogP contribution in [0.3, 0.4) is 0 Å². The Bertz CT molecular complexity index is 352. The molecule has 4 heteroatoms. The third-order valence-electron chi connectivity index (χ3n) is 2.06. The van der Waals surface area contributed by atoms with E-state index in [9.17, 15) is 4.79 Å². The van der Waals surface area contributed by atoms with Gasteiger partial charge < -0.3 is 10.6 Å². The van der Waals surface area contributed by atoms with Gasteiger partial charge in [-0.1, -0.05) is 11.6 Å². The molecule has 0 bridgehead atoms. The second kappa shape index (κ2) is 5.73. The molecule has 2 N–H and O–H groups in total. The summed E-state index contributed by atoms with van der Waals surface area (Å²) < 4.78 is 0. The van der Waals surface area contributed by atoms with Crippen molar-refractivity contribution in [2.45, 2.75) is 13.3 Å². The molecule has 0 aliphatic rings. The first-order valence-electron chi connectivity index (χ1n) is 4.84. The highest BCUT2D eigenvalue weighted by Gasteiger charge is 2.04. The monoisotopic (exact) mass is 226 g/mol. The molecular formula is C11H15ClN2O. The van der Waals surface area contributed by atoms with Gasteiger partial charge in [0.2, 0.25) is 5.91 Å². The number of hydrogen-bond acceptors (Lipinski definition) is 2. The quantitative estimate of drug-likeness (QED) is 0.827. The Morgan fingerprint density at radius 2 is 2.20 bits per heavy atom. The minimum Gasteiger partial charge on any atom is -0.326 e. The lowest BCUT2D eigenvalue weighted by Gasteiger charge is -2.08. The summed E-state index contributed by atoms with van der Waals surface area (Å²) in [7, 11) is 1.82. The third kappa shape index (κ3) is 3.90. The summed E-state index contributed by atoms with van der Waals surface area (Å²) in [5, 5.41) is 6.44. The highest BCUT2D eigenvalue weighted by molar-refractivity contribution is 6.30. The van der Waals surface area contributed by atoms with Crippen molar-refractivity contribution in [3.8, 4) is 0 Å². The fourth-order valence-corrected chi connectivity index (χ4v) is 1.45. The maximum atomic E-state index is 11.4. The zero-order valence-corrected chi connectivity index (χ0v) is 9.69. The summed E-state index contributed by atoms with van der Waals surface area (Å²) in [5.74, 6) is 0.00905. The summed E-state index contributed by atoms with van der Waals surface area (Å²) in [5.41, 5.74) is 1.79. The van der Waals surface area contributed by atoms with Crippen molar-refractivity contribution in [3.05, 3.63) is 28.8 Å². The predicted octanol–water partition coefficient (Wildman–Crippen LogP) is 2.20. The van der Waals surface area contributed by atoms with Crippen molar-refractivity contribution in [2.75, 3.05) is 18.9 Å². The lowest BCUT2D eigenvalue weighted by molar-refractivity contribution is -0.116. The van der Waals surface area contributed by atoms with E-state index < -0.39 is 0 Å². The highest BCUT2D eigenvalue weighted by atomic mass is 35.5. The van der Waals surface area contributed by atoms with Gasteiger partial charge >= 0.3 is 0 Å². The number of benzene rings is 1. The predicted molar refractivity (Wildman–Crippen MR) is 63.4 cm³/mol. The Labute approximate surface area is 94.8 Å². The molecule has 0 radical (unpaired) electrons. The molecule has 0 aliphatic carbocycles. The second-order valence-corrected chi connectivity index (χ2v) is 3.80. The van der Waals surface area contributed by atoms with Crippen molar-refractivity contribution < 1.29 is 4.79 Å². The van der Waals surface area contributed by atoms with Crippen molar-refractivity contribution >= 4 is 23.2 Å². The Morgan fingerprint density at radius 1 is 1.47 bits per heavy atom. The number of carbonyl (C=O) groups excluding carboxylic acids is 1. The molecule has 1 aromatic rings. The van der Waals surface area contributed by atoms with Gasteiger partial charge in [0.15, 0.2) is 0 Å². The van der Waals surface area contributed by atoms with Gasteiger partial charge in [-0.2, -0.15) is 0 Å². The van der Waals surface area contributed by atoms with E-state index in [0.717, 1.165) is 11.3 Å². The molecule has 0 spiro atoms. The first-order valence-corrected chi connectivity index (χ1v) is 5.22. The average Bonchev–Trinajstić information content (AvgIpc) is 2.19. The summed E-state index contributed by atoms with van der Waals surface area (Å²) >= 11 is 5.81. The van der Waals surface area contributed by atoms with Crippen LogP contribution in [0.5, 0.6) is 0 Å². The minimum absolute atomic E-state index is 0.00905. The van der Waals surface area contributed by atoms with Crippen LogP contribution in [0.1, 0.15) is 12.0 Å². The average molecular weight is 227 g/mol. The summed E-state index contributed by atoms with van der Waals surface area (Å²) in [6.45, 7) is 2.60. The number of aryl methyl sites for hydroxylation is 1. The highest BCUT2D eigenvalue weighted by Crippen LogP contribution is 2.19. The lowest BCUT2D eigenvalue weighted by atomic mass is 10.2. The molecule has 0 saturated heterocycles. The Morgan fingerprint density at radius 3 is 2.80 bits per heavy atom. The van der Waals surface area contributed by atoms with E-state index in [-0.39, 0.29) is 5.91 Å². The normalized spacial score (nSPS) is 10.1. The molecule has 1 aromatic carbocycles. The van der Waals surface area contributed by atoms with Crippen LogP contribution in [0.15, 0.2) is 18.2 Å². The van der Waals surface area contributed by atoms with E-state index in [1.54, 1.807) is 6.07 Å². The van der Waals surface area contributed by atoms with Crippen LogP contribution in [-0.4, -0.2) is 19.5 Å². The van der Waals surface area contributed by atoms with Crippen LogP contribution in [-0.2, 0) is 4.79 Å². The first kappa shape index (κ1) is 12.0. The molecule has 3 nitrogen and oxygen atoms in total. The molecule has 0 aliphatic heterocycles. The standard InChI is InChI=1S/C11H15ClN2O/c1-8-7-9(12)3-4-10(8)14-11(15)5-6-13-2/h3-4,7,13H,5-6H2,1-2H3,(H,14,15).